The van der Waals surface area contributed by atoms with Crippen LogP contribution in [0.15, 0.2) is 18.2 Å². The molecular weight excluding hydrogens is 275 g/mol. The smallest absolute Gasteiger partial charge is 0.147 e. The highest BCUT2D eigenvalue weighted by Crippen LogP contribution is 2.27. The second kappa shape index (κ2) is 4.91. The van der Waals surface area contributed by atoms with Crippen molar-refractivity contribution in [3.05, 3.63) is 29.0 Å². The zero-order chi connectivity index (χ0) is 13.3. The number of halogens is 1. The molecular formula is C11H13FN2O2S2. The van der Waals surface area contributed by atoms with Crippen LogP contribution < -0.4 is 5.73 Å². The molecule has 0 spiro atoms. The lowest BCUT2D eigenvalue weighted by molar-refractivity contribution is 0.591. The van der Waals surface area contributed by atoms with E-state index in [1.54, 1.807) is 6.07 Å². The van der Waals surface area contributed by atoms with Crippen LogP contribution in [-0.2, 0) is 9.84 Å². The number of sulfone groups is 1. The molecule has 1 heterocycles. The molecule has 0 saturated heterocycles. The van der Waals surface area contributed by atoms with Crippen LogP contribution >= 0.6 is 11.3 Å². The molecule has 2 aromatic rings. The number of nitrogens with two attached hydrogens (primary N) is 1. The van der Waals surface area contributed by atoms with Crippen LogP contribution in [-0.4, -0.2) is 25.4 Å². The lowest BCUT2D eigenvalue weighted by Gasteiger charge is -2.06. The second-order valence-corrected chi connectivity index (χ2v) is 7.51. The van der Waals surface area contributed by atoms with E-state index >= 15 is 0 Å². The van der Waals surface area contributed by atoms with E-state index < -0.39 is 15.9 Å². The summed E-state index contributed by atoms with van der Waals surface area (Å²) in [7, 11) is -3.03. The summed E-state index contributed by atoms with van der Waals surface area (Å²) in [6.45, 7) is 0. The Morgan fingerprint density at radius 1 is 1.50 bits per heavy atom. The van der Waals surface area contributed by atoms with Crippen molar-refractivity contribution in [2.45, 2.75) is 12.5 Å². The molecule has 7 heteroatoms. The van der Waals surface area contributed by atoms with Crippen molar-refractivity contribution in [2.75, 3.05) is 12.0 Å². The third-order valence-electron chi connectivity index (χ3n) is 2.48. The van der Waals surface area contributed by atoms with Gasteiger partial charge in [0.1, 0.15) is 20.7 Å². The van der Waals surface area contributed by atoms with E-state index in [1.807, 2.05) is 0 Å². The fourth-order valence-electron chi connectivity index (χ4n) is 1.54. The van der Waals surface area contributed by atoms with Crippen molar-refractivity contribution in [3.8, 4) is 0 Å². The van der Waals surface area contributed by atoms with Gasteiger partial charge in [0.2, 0.25) is 0 Å². The zero-order valence-electron chi connectivity index (χ0n) is 9.76. The maximum atomic E-state index is 13.0. The van der Waals surface area contributed by atoms with E-state index in [1.165, 1.54) is 29.7 Å². The minimum Gasteiger partial charge on any atom is -0.322 e. The van der Waals surface area contributed by atoms with Gasteiger partial charge in [-0.15, -0.1) is 11.3 Å². The van der Waals surface area contributed by atoms with Crippen LogP contribution in [0.5, 0.6) is 0 Å². The first-order valence-corrected chi connectivity index (χ1v) is 8.22. The van der Waals surface area contributed by atoms with Crippen molar-refractivity contribution >= 4 is 31.4 Å². The summed E-state index contributed by atoms with van der Waals surface area (Å²) >= 11 is 1.37. The number of nitrogens with zero attached hydrogens (tertiary/aromatic N) is 1. The highest BCUT2D eigenvalue weighted by molar-refractivity contribution is 7.90. The van der Waals surface area contributed by atoms with E-state index in [-0.39, 0.29) is 11.6 Å². The van der Waals surface area contributed by atoms with Gasteiger partial charge in [-0.2, -0.15) is 0 Å². The molecule has 0 aliphatic rings. The Bertz CT molecular complexity index is 667. The molecule has 18 heavy (non-hydrogen) atoms. The second-order valence-electron chi connectivity index (χ2n) is 4.19. The Morgan fingerprint density at radius 3 is 2.89 bits per heavy atom. The molecule has 0 aliphatic heterocycles. The molecule has 4 nitrogen and oxygen atoms in total. The minimum atomic E-state index is -3.03. The van der Waals surface area contributed by atoms with E-state index in [0.29, 0.717) is 16.9 Å². The van der Waals surface area contributed by atoms with E-state index in [0.717, 1.165) is 4.70 Å². The van der Waals surface area contributed by atoms with E-state index in [2.05, 4.69) is 4.98 Å². The van der Waals surface area contributed by atoms with Crippen molar-refractivity contribution in [3.63, 3.8) is 0 Å². The average molecular weight is 288 g/mol. The molecule has 0 radical (unpaired) electrons. The predicted octanol–water partition coefficient (Wildman–Crippen LogP) is 1.87. The van der Waals surface area contributed by atoms with Gasteiger partial charge in [-0.3, -0.25) is 0 Å². The molecule has 0 fully saturated rings. The Labute approximate surface area is 109 Å². The summed E-state index contributed by atoms with van der Waals surface area (Å²) in [6, 6.07) is 3.93. The first kappa shape index (κ1) is 13.4. The Kier molecular flexibility index (Phi) is 3.65. The number of thiazole rings is 1. The molecule has 0 saturated carbocycles. The molecule has 1 unspecified atom stereocenters. The first-order valence-electron chi connectivity index (χ1n) is 5.34. The van der Waals surface area contributed by atoms with Gasteiger partial charge < -0.3 is 5.73 Å². The number of rotatable bonds is 4. The maximum Gasteiger partial charge on any atom is 0.147 e. The molecule has 1 aromatic carbocycles. The first-order chi connectivity index (χ1) is 8.35. The van der Waals surface area contributed by atoms with Crippen molar-refractivity contribution in [2.24, 2.45) is 5.73 Å². The molecule has 0 bridgehead atoms. The monoisotopic (exact) mass is 288 g/mol. The fraction of sp³-hybridized carbons (Fsp3) is 0.364. The molecule has 1 aromatic heterocycles. The summed E-state index contributed by atoms with van der Waals surface area (Å²) in [5, 5.41) is 0.638. The highest BCUT2D eigenvalue weighted by Gasteiger charge is 2.14. The lowest BCUT2D eigenvalue weighted by Crippen LogP contribution is -2.15. The van der Waals surface area contributed by atoms with Crippen LogP contribution in [0.25, 0.3) is 10.2 Å². The highest BCUT2D eigenvalue weighted by atomic mass is 32.2. The summed E-state index contributed by atoms with van der Waals surface area (Å²) < 4.78 is 36.0. The van der Waals surface area contributed by atoms with Gasteiger partial charge in [-0.25, -0.2) is 17.8 Å². The summed E-state index contributed by atoms with van der Waals surface area (Å²) in [4.78, 5) is 4.23. The van der Waals surface area contributed by atoms with Gasteiger partial charge in [0.25, 0.3) is 0 Å². The fourth-order valence-corrected chi connectivity index (χ4v) is 3.21. The zero-order valence-corrected chi connectivity index (χ0v) is 11.4. The quantitative estimate of drug-likeness (QED) is 0.932. The molecule has 0 aliphatic carbocycles. The SMILES string of the molecule is CS(=O)(=O)CCC(N)c1nc2cc(F)ccc2s1. The molecule has 2 N–H and O–H groups in total. The summed E-state index contributed by atoms with van der Waals surface area (Å²) in [5.74, 6) is -0.317. The number of aromatic nitrogens is 1. The van der Waals surface area contributed by atoms with Crippen molar-refractivity contribution < 1.29 is 12.8 Å². The number of benzene rings is 1. The summed E-state index contributed by atoms with van der Waals surface area (Å²) in [6.07, 6.45) is 1.49. The average Bonchev–Trinajstić information content (AvgIpc) is 2.67. The van der Waals surface area contributed by atoms with Gasteiger partial charge in [0, 0.05) is 12.3 Å². The molecule has 98 valence electrons. The number of hydrogen-bond donors (Lipinski definition) is 1. The topological polar surface area (TPSA) is 73.0 Å². The van der Waals surface area contributed by atoms with Crippen LogP contribution in [0.4, 0.5) is 4.39 Å². The largest absolute Gasteiger partial charge is 0.322 e. The van der Waals surface area contributed by atoms with E-state index in [9.17, 15) is 12.8 Å². The summed E-state index contributed by atoms with van der Waals surface area (Å²) in [5.41, 5.74) is 6.45. The minimum absolute atomic E-state index is 0.0262. The van der Waals surface area contributed by atoms with Crippen molar-refractivity contribution in [1.82, 2.24) is 4.98 Å². The van der Waals surface area contributed by atoms with Crippen LogP contribution in [0.3, 0.4) is 0 Å². The lowest BCUT2D eigenvalue weighted by atomic mass is 10.2. The Morgan fingerprint density at radius 2 is 2.22 bits per heavy atom. The maximum absolute atomic E-state index is 13.0. The Balaban J connectivity index is 2.20. The van der Waals surface area contributed by atoms with Crippen LogP contribution in [0.2, 0.25) is 0 Å². The van der Waals surface area contributed by atoms with Gasteiger partial charge in [-0.05, 0) is 18.6 Å². The van der Waals surface area contributed by atoms with E-state index in [4.69, 9.17) is 5.73 Å². The molecule has 0 amide bonds. The molecule has 2 rings (SSSR count). The van der Waals surface area contributed by atoms with Gasteiger partial charge in [-0.1, -0.05) is 0 Å². The molecule has 1 atom stereocenters. The van der Waals surface area contributed by atoms with Gasteiger partial charge in [0.15, 0.2) is 0 Å². The van der Waals surface area contributed by atoms with Gasteiger partial charge >= 0.3 is 0 Å². The Hall–Kier alpha value is -1.05. The number of fused-ring (bicyclic) bond motifs is 1. The standard InChI is InChI=1S/C11H13FN2O2S2/c1-18(15,16)5-4-8(13)11-14-9-6-7(12)2-3-10(9)17-11/h2-3,6,8H,4-5,13H2,1H3. The van der Waals surface area contributed by atoms with Crippen LogP contribution in [0, 0.1) is 5.82 Å². The normalized spacial score (nSPS) is 13.9. The van der Waals surface area contributed by atoms with Crippen LogP contribution in [0.1, 0.15) is 17.5 Å². The van der Waals surface area contributed by atoms with Crippen molar-refractivity contribution in [1.29, 1.82) is 0 Å². The predicted molar refractivity (Wildman–Crippen MR) is 70.8 cm³/mol. The van der Waals surface area contributed by atoms with Gasteiger partial charge in [0.05, 0.1) is 22.0 Å². The number of hydrogen-bond acceptors (Lipinski definition) is 5. The third kappa shape index (κ3) is 3.24. The third-order valence-corrected chi connectivity index (χ3v) is 4.63.